The van der Waals surface area contributed by atoms with Gasteiger partial charge in [-0.15, -0.1) is 0 Å². The lowest BCUT2D eigenvalue weighted by atomic mass is 9.79. The Morgan fingerprint density at radius 1 is 1.06 bits per heavy atom. The minimum atomic E-state index is -1.43. The molecule has 2 N–H and O–H groups in total. The zero-order valence-electron chi connectivity index (χ0n) is 17.7. The van der Waals surface area contributed by atoms with Gasteiger partial charge in [-0.05, 0) is 47.9 Å². The van der Waals surface area contributed by atoms with E-state index in [-0.39, 0.29) is 17.9 Å². The van der Waals surface area contributed by atoms with Gasteiger partial charge >= 0.3 is 0 Å². The van der Waals surface area contributed by atoms with Crippen molar-refractivity contribution in [1.29, 1.82) is 5.26 Å². The molecule has 1 saturated heterocycles. The number of hydrogen-bond acceptors (Lipinski definition) is 4. The predicted octanol–water partition coefficient (Wildman–Crippen LogP) is 3.18. The Labute approximate surface area is 183 Å². The molecule has 2 aliphatic carbocycles. The molecule has 5 nitrogen and oxygen atoms in total. The van der Waals surface area contributed by atoms with Crippen LogP contribution >= 0.6 is 0 Å². The van der Waals surface area contributed by atoms with Crippen LogP contribution in [-0.4, -0.2) is 35.0 Å². The maximum atomic E-state index is 13.4. The van der Waals surface area contributed by atoms with Gasteiger partial charge in [0.1, 0.15) is 0 Å². The van der Waals surface area contributed by atoms with Gasteiger partial charge in [-0.1, -0.05) is 55.3 Å². The fraction of sp³-hybridized carbons (Fsp3) is 0.462. The molecular weight excluding hydrogens is 386 g/mol. The monoisotopic (exact) mass is 415 g/mol. The van der Waals surface area contributed by atoms with E-state index >= 15 is 0 Å². The first kappa shape index (κ1) is 20.2. The summed E-state index contributed by atoms with van der Waals surface area (Å²) in [6, 6.07) is 19.6. The van der Waals surface area contributed by atoms with Crippen LogP contribution in [0.4, 0.5) is 0 Å². The molecule has 5 heteroatoms. The second-order valence-electron chi connectivity index (χ2n) is 9.44. The van der Waals surface area contributed by atoms with E-state index in [9.17, 15) is 9.90 Å². The average molecular weight is 416 g/mol. The molecule has 2 aromatic rings. The molecule has 31 heavy (non-hydrogen) atoms. The molecule has 3 aliphatic rings. The van der Waals surface area contributed by atoms with Gasteiger partial charge in [0.15, 0.2) is 5.60 Å². The van der Waals surface area contributed by atoms with E-state index in [0.29, 0.717) is 23.0 Å². The number of nitrogens with zero attached hydrogens (tertiary/aromatic N) is 2. The molecule has 1 aliphatic heterocycles. The number of nitriles is 1. The van der Waals surface area contributed by atoms with E-state index in [4.69, 9.17) is 5.26 Å². The van der Waals surface area contributed by atoms with E-state index < -0.39 is 5.60 Å². The van der Waals surface area contributed by atoms with Crippen molar-refractivity contribution < 1.29 is 9.90 Å². The van der Waals surface area contributed by atoms with E-state index in [2.05, 4.69) is 16.3 Å². The van der Waals surface area contributed by atoms with E-state index in [1.165, 1.54) is 5.56 Å². The molecule has 0 radical (unpaired) electrons. The van der Waals surface area contributed by atoms with Crippen molar-refractivity contribution in [3.8, 4) is 6.07 Å². The highest BCUT2D eigenvalue weighted by Gasteiger charge is 2.58. The van der Waals surface area contributed by atoms with Crippen LogP contribution in [0.5, 0.6) is 0 Å². The second-order valence-corrected chi connectivity index (χ2v) is 9.44. The molecule has 3 atom stereocenters. The van der Waals surface area contributed by atoms with Gasteiger partial charge in [-0.3, -0.25) is 9.69 Å². The van der Waals surface area contributed by atoms with Gasteiger partial charge in [-0.25, -0.2) is 0 Å². The van der Waals surface area contributed by atoms with E-state index in [1.54, 1.807) is 0 Å². The van der Waals surface area contributed by atoms with Crippen LogP contribution in [0.1, 0.15) is 42.4 Å². The molecule has 0 bridgehead atoms. The summed E-state index contributed by atoms with van der Waals surface area (Å²) < 4.78 is 0. The number of hydrogen-bond donors (Lipinski definition) is 2. The topological polar surface area (TPSA) is 76.4 Å². The maximum absolute atomic E-state index is 13.4. The summed E-state index contributed by atoms with van der Waals surface area (Å²) in [5.74, 6) is 0.696. The third-order valence-corrected chi connectivity index (χ3v) is 7.56. The SMILES string of the molecule is N#Cc1ccc(CN2CC3C(C2)C3NC(=O)C(O)(c2ccccc2)C2CCCC2)cc1. The van der Waals surface area contributed by atoms with Gasteiger partial charge < -0.3 is 10.4 Å². The fourth-order valence-electron chi connectivity index (χ4n) is 5.75. The van der Waals surface area contributed by atoms with Crippen LogP contribution in [0.2, 0.25) is 0 Å². The van der Waals surface area contributed by atoms with Crippen molar-refractivity contribution in [2.45, 2.75) is 43.9 Å². The summed E-state index contributed by atoms with van der Waals surface area (Å²) >= 11 is 0. The molecule has 5 rings (SSSR count). The third kappa shape index (κ3) is 3.75. The molecule has 0 aromatic heterocycles. The Hall–Kier alpha value is -2.68. The summed E-state index contributed by atoms with van der Waals surface area (Å²) in [4.78, 5) is 15.8. The summed E-state index contributed by atoms with van der Waals surface area (Å²) in [7, 11) is 0. The quantitative estimate of drug-likeness (QED) is 0.760. The van der Waals surface area contributed by atoms with Gasteiger partial charge in [0, 0.05) is 31.6 Å². The average Bonchev–Trinajstić information content (AvgIpc) is 3.21. The van der Waals surface area contributed by atoms with Crippen molar-refractivity contribution in [2.24, 2.45) is 17.8 Å². The summed E-state index contributed by atoms with van der Waals surface area (Å²) in [6.45, 7) is 2.79. The highest BCUT2D eigenvalue weighted by molar-refractivity contribution is 5.87. The number of piperidine rings is 1. The molecule has 0 spiro atoms. The lowest BCUT2D eigenvalue weighted by molar-refractivity contribution is -0.147. The fourth-order valence-corrected chi connectivity index (χ4v) is 5.75. The second kappa shape index (κ2) is 8.11. The molecule has 2 aromatic carbocycles. The number of nitrogens with one attached hydrogen (secondary N) is 1. The van der Waals surface area contributed by atoms with Gasteiger partial charge in [0.2, 0.25) is 0 Å². The van der Waals surface area contributed by atoms with E-state index in [1.807, 2.05) is 54.6 Å². The molecule has 3 unspecified atom stereocenters. The van der Waals surface area contributed by atoms with Gasteiger partial charge in [0.25, 0.3) is 5.91 Å². The number of benzene rings is 2. The van der Waals surface area contributed by atoms with Crippen molar-refractivity contribution >= 4 is 5.91 Å². The Balaban J connectivity index is 1.21. The molecule has 160 valence electrons. The predicted molar refractivity (Wildman–Crippen MR) is 118 cm³/mol. The summed E-state index contributed by atoms with van der Waals surface area (Å²) in [5, 5.41) is 23.8. The number of likely N-dealkylation sites (tertiary alicyclic amines) is 1. The van der Waals surface area contributed by atoms with Crippen molar-refractivity contribution in [3.05, 3.63) is 71.3 Å². The molecule has 3 fully saturated rings. The summed E-state index contributed by atoms with van der Waals surface area (Å²) in [6.07, 6.45) is 3.95. The standard InChI is InChI=1S/C26H29N3O2/c27-14-18-10-12-19(13-11-18)15-29-16-22-23(17-29)24(22)28-25(30)26(31,21-8-4-5-9-21)20-6-2-1-3-7-20/h1-3,6-7,10-13,21-24,31H,4-5,8-9,15-17H2,(H,28,30). The number of amides is 1. The van der Waals surface area contributed by atoms with Crippen LogP contribution in [-0.2, 0) is 16.9 Å². The highest BCUT2D eigenvalue weighted by atomic mass is 16.3. The molecular formula is C26H29N3O2. The Morgan fingerprint density at radius 3 is 2.32 bits per heavy atom. The van der Waals surface area contributed by atoms with E-state index in [0.717, 1.165) is 45.3 Å². The van der Waals surface area contributed by atoms with Gasteiger partial charge in [0.05, 0.1) is 11.6 Å². The number of fused-ring (bicyclic) bond motifs is 1. The zero-order valence-corrected chi connectivity index (χ0v) is 17.7. The number of rotatable bonds is 6. The highest BCUT2D eigenvalue weighted by Crippen LogP contribution is 2.47. The lowest BCUT2D eigenvalue weighted by Gasteiger charge is -2.33. The number of carbonyl (C=O) groups excluding carboxylic acids is 1. The van der Waals surface area contributed by atoms with Crippen LogP contribution in [0.3, 0.4) is 0 Å². The minimum Gasteiger partial charge on any atom is -0.375 e. The number of aliphatic hydroxyl groups is 1. The van der Waals surface area contributed by atoms with Gasteiger partial charge in [-0.2, -0.15) is 5.26 Å². The zero-order chi connectivity index (χ0) is 21.4. The summed E-state index contributed by atoms with van der Waals surface area (Å²) in [5.41, 5.74) is 1.17. The van der Waals surface area contributed by atoms with Crippen molar-refractivity contribution in [3.63, 3.8) is 0 Å². The first-order chi connectivity index (χ1) is 15.1. The van der Waals surface area contributed by atoms with Crippen LogP contribution in [0.15, 0.2) is 54.6 Å². The minimum absolute atomic E-state index is 0.0126. The van der Waals surface area contributed by atoms with Crippen LogP contribution in [0, 0.1) is 29.1 Å². The normalized spacial score (nSPS) is 27.3. The smallest absolute Gasteiger partial charge is 0.257 e. The molecule has 2 saturated carbocycles. The van der Waals surface area contributed by atoms with Crippen molar-refractivity contribution in [2.75, 3.05) is 13.1 Å². The largest absolute Gasteiger partial charge is 0.375 e. The third-order valence-electron chi connectivity index (χ3n) is 7.56. The van der Waals surface area contributed by atoms with Crippen molar-refractivity contribution in [1.82, 2.24) is 10.2 Å². The first-order valence-electron chi connectivity index (χ1n) is 11.4. The Kier molecular flexibility index (Phi) is 5.29. The lowest BCUT2D eigenvalue weighted by Crippen LogP contribution is -2.50. The molecule has 1 heterocycles. The maximum Gasteiger partial charge on any atom is 0.257 e. The Bertz CT molecular complexity index is 966. The van der Waals surface area contributed by atoms with Crippen LogP contribution < -0.4 is 5.32 Å². The molecule has 1 amide bonds. The number of carbonyl (C=O) groups is 1. The first-order valence-corrected chi connectivity index (χ1v) is 11.4. The van der Waals surface area contributed by atoms with Crippen LogP contribution in [0.25, 0.3) is 0 Å². The Morgan fingerprint density at radius 2 is 1.71 bits per heavy atom.